The van der Waals surface area contributed by atoms with Gasteiger partial charge in [-0.15, -0.1) is 5.10 Å². The summed E-state index contributed by atoms with van der Waals surface area (Å²) in [7, 11) is 0. The molecule has 0 radical (unpaired) electrons. The molecular formula is C9H16N4O. The summed E-state index contributed by atoms with van der Waals surface area (Å²) in [5, 5.41) is 16.9. The molecule has 1 aromatic heterocycles. The topological polar surface area (TPSA) is 77.0 Å². The van der Waals surface area contributed by atoms with Crippen molar-refractivity contribution in [1.82, 2.24) is 15.0 Å². The van der Waals surface area contributed by atoms with Crippen molar-refractivity contribution in [2.75, 3.05) is 6.61 Å². The minimum absolute atomic E-state index is 0.196. The fourth-order valence-corrected chi connectivity index (χ4v) is 1.69. The Hall–Kier alpha value is -0.940. The average Bonchev–Trinajstić information content (AvgIpc) is 2.96. The molecule has 2 rings (SSSR count). The number of aryl methyl sites for hydroxylation is 1. The fraction of sp³-hybridized carbons (Fsp3) is 0.778. The van der Waals surface area contributed by atoms with Crippen LogP contribution in [0.25, 0.3) is 0 Å². The lowest BCUT2D eigenvalue weighted by molar-refractivity contribution is 0.275. The fourth-order valence-electron chi connectivity index (χ4n) is 1.69. The van der Waals surface area contributed by atoms with Crippen molar-refractivity contribution in [3.8, 4) is 0 Å². The summed E-state index contributed by atoms with van der Waals surface area (Å²) in [6.45, 7) is 1.40. The van der Waals surface area contributed by atoms with Gasteiger partial charge in [0.05, 0.1) is 11.4 Å². The molecule has 1 aliphatic carbocycles. The zero-order valence-corrected chi connectivity index (χ0v) is 8.19. The van der Waals surface area contributed by atoms with Crippen molar-refractivity contribution < 1.29 is 5.11 Å². The molecule has 0 spiro atoms. The Labute approximate surface area is 82.9 Å². The van der Waals surface area contributed by atoms with Gasteiger partial charge in [-0.2, -0.15) is 0 Å². The maximum absolute atomic E-state index is 8.75. The van der Waals surface area contributed by atoms with E-state index in [0.717, 1.165) is 18.7 Å². The lowest BCUT2D eigenvalue weighted by Gasteiger charge is -2.04. The Balaban J connectivity index is 2.16. The van der Waals surface area contributed by atoms with E-state index in [1.807, 2.05) is 4.68 Å². The maximum Gasteiger partial charge on any atom is 0.0997 e. The average molecular weight is 196 g/mol. The van der Waals surface area contributed by atoms with E-state index in [9.17, 15) is 0 Å². The van der Waals surface area contributed by atoms with Gasteiger partial charge in [-0.3, -0.25) is 0 Å². The first-order valence-corrected chi connectivity index (χ1v) is 5.10. The van der Waals surface area contributed by atoms with Gasteiger partial charge in [-0.25, -0.2) is 4.68 Å². The predicted molar refractivity (Wildman–Crippen MR) is 51.6 cm³/mol. The summed E-state index contributed by atoms with van der Waals surface area (Å²) in [4.78, 5) is 0. The van der Waals surface area contributed by atoms with Gasteiger partial charge in [-0.05, 0) is 19.3 Å². The third-order valence-electron chi connectivity index (χ3n) is 2.53. The summed E-state index contributed by atoms with van der Waals surface area (Å²) in [6.07, 6.45) is 3.17. The van der Waals surface area contributed by atoms with Gasteiger partial charge in [0.2, 0.25) is 0 Å². The van der Waals surface area contributed by atoms with Crippen LogP contribution in [0, 0.1) is 0 Å². The highest BCUT2D eigenvalue weighted by Crippen LogP contribution is 2.41. The first kappa shape index (κ1) is 9.61. The Morgan fingerprint density at radius 1 is 1.50 bits per heavy atom. The zero-order chi connectivity index (χ0) is 9.97. The quantitative estimate of drug-likeness (QED) is 0.694. The van der Waals surface area contributed by atoms with Crippen molar-refractivity contribution in [3.63, 3.8) is 0 Å². The molecule has 1 fully saturated rings. The van der Waals surface area contributed by atoms with Crippen LogP contribution in [0.2, 0.25) is 0 Å². The summed E-state index contributed by atoms with van der Waals surface area (Å²) >= 11 is 0. The van der Waals surface area contributed by atoms with E-state index in [1.165, 1.54) is 18.5 Å². The molecule has 0 bridgehead atoms. The molecule has 3 N–H and O–H groups in total. The molecule has 1 heterocycles. The summed E-state index contributed by atoms with van der Waals surface area (Å²) in [6, 6.07) is 0. The highest BCUT2D eigenvalue weighted by Gasteiger charge is 2.30. The summed E-state index contributed by atoms with van der Waals surface area (Å²) in [5.41, 5.74) is 7.71. The van der Waals surface area contributed by atoms with Gasteiger partial charge < -0.3 is 10.8 Å². The molecule has 0 saturated heterocycles. The molecule has 0 unspecified atom stereocenters. The Bertz CT molecular complexity index is 306. The van der Waals surface area contributed by atoms with Crippen LogP contribution < -0.4 is 5.73 Å². The third kappa shape index (κ3) is 1.78. The van der Waals surface area contributed by atoms with E-state index in [2.05, 4.69) is 10.3 Å². The summed E-state index contributed by atoms with van der Waals surface area (Å²) in [5.74, 6) is 0.613. The SMILES string of the molecule is NCc1nnn(CCCO)c1C1CC1. The molecule has 5 nitrogen and oxygen atoms in total. The van der Waals surface area contributed by atoms with Crippen molar-refractivity contribution in [1.29, 1.82) is 0 Å². The van der Waals surface area contributed by atoms with Crippen molar-refractivity contribution in [3.05, 3.63) is 11.4 Å². The smallest absolute Gasteiger partial charge is 0.0997 e. The Morgan fingerprint density at radius 3 is 2.86 bits per heavy atom. The molecule has 14 heavy (non-hydrogen) atoms. The lowest BCUT2D eigenvalue weighted by Crippen LogP contribution is -2.08. The second kappa shape index (κ2) is 4.06. The zero-order valence-electron chi connectivity index (χ0n) is 8.19. The highest BCUT2D eigenvalue weighted by molar-refractivity contribution is 5.20. The van der Waals surface area contributed by atoms with Crippen LogP contribution in [0.15, 0.2) is 0 Å². The third-order valence-corrected chi connectivity index (χ3v) is 2.53. The monoisotopic (exact) mass is 196 g/mol. The summed E-state index contributed by atoms with van der Waals surface area (Å²) < 4.78 is 1.90. The molecular weight excluding hydrogens is 180 g/mol. The van der Waals surface area contributed by atoms with E-state index in [1.54, 1.807) is 0 Å². The van der Waals surface area contributed by atoms with Gasteiger partial charge in [0.15, 0.2) is 0 Å². The Morgan fingerprint density at radius 2 is 2.29 bits per heavy atom. The normalized spacial score (nSPS) is 16.1. The minimum atomic E-state index is 0.196. The van der Waals surface area contributed by atoms with Gasteiger partial charge in [0, 0.05) is 25.6 Å². The molecule has 0 aliphatic heterocycles. The molecule has 1 aliphatic rings. The van der Waals surface area contributed by atoms with E-state index in [-0.39, 0.29) is 6.61 Å². The molecule has 0 atom stereocenters. The number of rotatable bonds is 5. The minimum Gasteiger partial charge on any atom is -0.396 e. The number of hydrogen-bond donors (Lipinski definition) is 2. The van der Waals surface area contributed by atoms with E-state index in [4.69, 9.17) is 10.8 Å². The first-order chi connectivity index (χ1) is 6.86. The van der Waals surface area contributed by atoms with Crippen LogP contribution in [0.5, 0.6) is 0 Å². The van der Waals surface area contributed by atoms with Crippen LogP contribution in [0.3, 0.4) is 0 Å². The number of nitrogens with two attached hydrogens (primary N) is 1. The second-order valence-corrected chi connectivity index (χ2v) is 3.70. The van der Waals surface area contributed by atoms with E-state index >= 15 is 0 Å². The van der Waals surface area contributed by atoms with E-state index < -0.39 is 0 Å². The number of aliphatic hydroxyl groups excluding tert-OH is 1. The van der Waals surface area contributed by atoms with Gasteiger partial charge in [0.25, 0.3) is 0 Å². The number of aliphatic hydroxyl groups is 1. The molecule has 0 amide bonds. The number of aromatic nitrogens is 3. The van der Waals surface area contributed by atoms with Gasteiger partial charge in [-0.1, -0.05) is 5.21 Å². The van der Waals surface area contributed by atoms with Crippen molar-refractivity contribution in [2.45, 2.75) is 38.3 Å². The van der Waals surface area contributed by atoms with Crippen LogP contribution >= 0.6 is 0 Å². The molecule has 1 saturated carbocycles. The second-order valence-electron chi connectivity index (χ2n) is 3.70. The molecule has 0 aromatic carbocycles. The number of nitrogens with zero attached hydrogens (tertiary/aromatic N) is 3. The predicted octanol–water partition coefficient (Wildman–Crippen LogP) is -0.00340. The van der Waals surface area contributed by atoms with E-state index in [0.29, 0.717) is 12.5 Å². The maximum atomic E-state index is 8.75. The highest BCUT2D eigenvalue weighted by atomic mass is 16.3. The van der Waals surface area contributed by atoms with Gasteiger partial charge in [0.1, 0.15) is 0 Å². The van der Waals surface area contributed by atoms with Crippen LogP contribution in [-0.4, -0.2) is 26.7 Å². The van der Waals surface area contributed by atoms with Crippen molar-refractivity contribution in [2.24, 2.45) is 5.73 Å². The van der Waals surface area contributed by atoms with Crippen LogP contribution in [-0.2, 0) is 13.1 Å². The van der Waals surface area contributed by atoms with Crippen LogP contribution in [0.1, 0.15) is 36.6 Å². The van der Waals surface area contributed by atoms with Gasteiger partial charge >= 0.3 is 0 Å². The molecule has 78 valence electrons. The first-order valence-electron chi connectivity index (χ1n) is 5.10. The molecule has 5 heteroatoms. The lowest BCUT2D eigenvalue weighted by atomic mass is 10.2. The Kier molecular flexibility index (Phi) is 2.79. The van der Waals surface area contributed by atoms with Crippen LogP contribution in [0.4, 0.5) is 0 Å². The largest absolute Gasteiger partial charge is 0.396 e. The number of hydrogen-bond acceptors (Lipinski definition) is 4. The standard InChI is InChI=1S/C9H16N4O/c10-6-8-9(7-2-3-7)13(12-11-8)4-1-5-14/h7,14H,1-6,10H2. The van der Waals surface area contributed by atoms with Crippen molar-refractivity contribution >= 4 is 0 Å². The molecule has 1 aromatic rings.